The van der Waals surface area contributed by atoms with E-state index in [1.165, 1.54) is 22.7 Å². The van der Waals surface area contributed by atoms with Crippen molar-refractivity contribution >= 4 is 21.5 Å². The number of aliphatic carboxylic acids is 1. The van der Waals surface area contributed by atoms with Gasteiger partial charge in [0.2, 0.25) is 10.0 Å². The predicted octanol–water partition coefficient (Wildman–Crippen LogP) is 1.81. The Morgan fingerprint density at radius 3 is 2.56 bits per heavy atom. The third-order valence-corrected chi connectivity index (χ3v) is 7.21. The number of carboxylic acid groups (broad SMARTS) is 1. The molecule has 1 unspecified atom stereocenters. The Hall–Kier alpha value is -3.29. The second-order valence-corrected chi connectivity index (χ2v) is 10.1. The summed E-state index contributed by atoms with van der Waals surface area (Å²) in [5, 5.41) is 23.1. The normalized spacial score (nSPS) is 12.8. The number of aryl methyl sites for hydroxylation is 1. The Labute approximate surface area is 208 Å². The second-order valence-electron chi connectivity index (χ2n) is 8.33. The van der Waals surface area contributed by atoms with Crippen molar-refractivity contribution in [1.29, 1.82) is 0 Å². The number of nitrogens with zero attached hydrogens (tertiary/aromatic N) is 3. The minimum absolute atomic E-state index is 0.0767. The van der Waals surface area contributed by atoms with Crippen LogP contribution in [0.1, 0.15) is 57.5 Å². The lowest BCUT2D eigenvalue weighted by Gasteiger charge is -2.15. The van der Waals surface area contributed by atoms with E-state index in [0.717, 1.165) is 12.8 Å². The van der Waals surface area contributed by atoms with Crippen molar-refractivity contribution in [1.82, 2.24) is 24.3 Å². The number of aromatic amines is 1. The largest absolute Gasteiger partial charge is 0.493 e. The van der Waals surface area contributed by atoms with E-state index in [9.17, 15) is 23.1 Å². The van der Waals surface area contributed by atoms with E-state index in [2.05, 4.69) is 19.8 Å². The highest BCUT2D eigenvalue weighted by Gasteiger charge is 2.23. The van der Waals surface area contributed by atoms with Crippen molar-refractivity contribution < 1.29 is 28.2 Å². The van der Waals surface area contributed by atoms with E-state index in [4.69, 9.17) is 9.84 Å². The molecule has 196 valence electrons. The monoisotopic (exact) mass is 521 g/mol. The summed E-state index contributed by atoms with van der Waals surface area (Å²) in [5.74, 6) is -0.115. The van der Waals surface area contributed by atoms with Crippen molar-refractivity contribution in [3.8, 4) is 17.1 Å². The molecular formula is C23H31N5O7S. The molecule has 0 saturated carbocycles. The first-order chi connectivity index (χ1) is 17.0. The Morgan fingerprint density at radius 2 is 1.94 bits per heavy atom. The maximum absolute atomic E-state index is 13.0. The second kappa shape index (κ2) is 11.2. The molecule has 0 aliphatic carbocycles. The zero-order chi connectivity index (χ0) is 26.6. The zero-order valence-electron chi connectivity index (χ0n) is 20.6. The Morgan fingerprint density at radius 1 is 1.25 bits per heavy atom. The summed E-state index contributed by atoms with van der Waals surface area (Å²) in [7, 11) is -4.13. The lowest BCUT2D eigenvalue weighted by atomic mass is 10.0. The smallest absolute Gasteiger partial charge is 0.306 e. The number of aliphatic hydroxyl groups excluding tert-OH is 1. The van der Waals surface area contributed by atoms with Gasteiger partial charge in [0.15, 0.2) is 11.3 Å². The van der Waals surface area contributed by atoms with Crippen LogP contribution in [0.15, 0.2) is 27.9 Å². The van der Waals surface area contributed by atoms with Crippen LogP contribution in [0.2, 0.25) is 0 Å². The van der Waals surface area contributed by atoms with E-state index < -0.39 is 40.6 Å². The van der Waals surface area contributed by atoms with Gasteiger partial charge in [0.25, 0.3) is 5.56 Å². The molecular weight excluding hydrogens is 490 g/mol. The maximum atomic E-state index is 13.0. The first kappa shape index (κ1) is 27.3. The van der Waals surface area contributed by atoms with Crippen LogP contribution in [0.25, 0.3) is 16.9 Å². The number of hydrogen-bond acceptors (Lipinski definition) is 8. The molecule has 0 fully saturated rings. The number of aromatic nitrogens is 4. The molecule has 0 saturated heterocycles. The molecule has 12 nitrogen and oxygen atoms in total. The van der Waals surface area contributed by atoms with Crippen LogP contribution in [0.4, 0.5) is 0 Å². The minimum atomic E-state index is -4.13. The third-order valence-electron chi connectivity index (χ3n) is 5.79. The van der Waals surface area contributed by atoms with E-state index in [1.54, 1.807) is 13.8 Å². The van der Waals surface area contributed by atoms with Gasteiger partial charge in [-0.3, -0.25) is 9.59 Å². The molecule has 2 aromatic heterocycles. The summed E-state index contributed by atoms with van der Waals surface area (Å²) < 4.78 is 35.1. The van der Waals surface area contributed by atoms with Gasteiger partial charge >= 0.3 is 5.97 Å². The predicted molar refractivity (Wildman–Crippen MR) is 132 cm³/mol. The van der Waals surface area contributed by atoms with Gasteiger partial charge in [0.05, 0.1) is 35.3 Å². The molecule has 0 amide bonds. The molecule has 3 aromatic rings. The van der Waals surface area contributed by atoms with E-state index in [-0.39, 0.29) is 28.8 Å². The van der Waals surface area contributed by atoms with Gasteiger partial charge in [-0.25, -0.2) is 22.6 Å². The maximum Gasteiger partial charge on any atom is 0.306 e. The van der Waals surface area contributed by atoms with Crippen LogP contribution in [-0.2, 0) is 14.8 Å². The van der Waals surface area contributed by atoms with Crippen LogP contribution in [0.5, 0.6) is 5.75 Å². The number of ether oxygens (including phenoxy) is 1. The lowest BCUT2D eigenvalue weighted by molar-refractivity contribution is -0.139. The fourth-order valence-corrected chi connectivity index (χ4v) is 5.04. The molecule has 4 N–H and O–H groups in total. The molecule has 0 radical (unpaired) electrons. The fraction of sp³-hybridized carbons (Fsp3) is 0.478. The number of imidazole rings is 1. The van der Waals surface area contributed by atoms with Crippen molar-refractivity contribution in [2.24, 2.45) is 0 Å². The molecule has 0 aliphatic heterocycles. The van der Waals surface area contributed by atoms with Crippen molar-refractivity contribution in [3.63, 3.8) is 0 Å². The van der Waals surface area contributed by atoms with Crippen LogP contribution in [0, 0.1) is 6.92 Å². The number of sulfonamides is 1. The van der Waals surface area contributed by atoms with Crippen LogP contribution in [-0.4, -0.2) is 63.4 Å². The summed E-state index contributed by atoms with van der Waals surface area (Å²) in [6.45, 7) is 7.37. The summed E-state index contributed by atoms with van der Waals surface area (Å²) in [4.78, 5) is 30.9. The van der Waals surface area contributed by atoms with Gasteiger partial charge in [-0.05, 0) is 44.9 Å². The third kappa shape index (κ3) is 5.74. The van der Waals surface area contributed by atoms with Crippen LogP contribution < -0.4 is 15.0 Å². The first-order valence-electron chi connectivity index (χ1n) is 11.7. The Bertz CT molecular complexity index is 1410. The van der Waals surface area contributed by atoms with Gasteiger partial charge in [-0.1, -0.05) is 13.8 Å². The summed E-state index contributed by atoms with van der Waals surface area (Å²) >= 11 is 0. The molecule has 2 heterocycles. The average molecular weight is 522 g/mol. The van der Waals surface area contributed by atoms with Gasteiger partial charge in [0, 0.05) is 12.5 Å². The number of rotatable bonds is 12. The SMILES string of the molecule is CCOc1ccc(S(=O)(=O)NCC(O)CC(=O)O)cc1-c1nn2c(C(CC)CC)nc(C)c2c(=O)[nH]1. The molecule has 0 spiro atoms. The molecule has 1 aromatic carbocycles. The Kier molecular flexibility index (Phi) is 8.48. The standard InChI is InChI=1S/C23H31N5O7S/c1-5-14(6-2)22-25-13(4)20-23(32)26-21(27-28(20)22)17-11-16(8-9-18(17)35-7-3)36(33,34)24-12-15(29)10-19(30)31/h8-9,11,14-15,24,29H,5-7,10,12H2,1-4H3,(H,30,31)(H,26,27,32). The van der Waals surface area contributed by atoms with Crippen LogP contribution in [0.3, 0.4) is 0 Å². The minimum Gasteiger partial charge on any atom is -0.493 e. The zero-order valence-corrected chi connectivity index (χ0v) is 21.4. The molecule has 3 rings (SSSR count). The number of benzene rings is 1. The average Bonchev–Trinajstić information content (AvgIpc) is 3.15. The highest BCUT2D eigenvalue weighted by atomic mass is 32.2. The first-order valence-corrected chi connectivity index (χ1v) is 13.2. The van der Waals surface area contributed by atoms with Crippen molar-refractivity contribution in [3.05, 3.63) is 40.1 Å². The molecule has 1 atom stereocenters. The van der Waals surface area contributed by atoms with Crippen molar-refractivity contribution in [2.75, 3.05) is 13.2 Å². The van der Waals surface area contributed by atoms with Gasteiger partial charge in [-0.15, -0.1) is 5.10 Å². The molecule has 0 aliphatic rings. The summed E-state index contributed by atoms with van der Waals surface area (Å²) in [6.07, 6.45) is -0.398. The number of aliphatic hydroxyl groups is 1. The molecule has 0 bridgehead atoms. The number of fused-ring (bicyclic) bond motifs is 1. The number of carbonyl (C=O) groups is 1. The highest BCUT2D eigenvalue weighted by Crippen LogP contribution is 2.31. The van der Waals surface area contributed by atoms with Gasteiger partial charge in [0.1, 0.15) is 11.6 Å². The van der Waals surface area contributed by atoms with Gasteiger partial charge < -0.3 is 19.9 Å². The topological polar surface area (TPSA) is 176 Å². The number of carboxylic acids is 1. The lowest BCUT2D eigenvalue weighted by Crippen LogP contribution is -2.33. The number of H-pyrrole nitrogens is 1. The van der Waals surface area contributed by atoms with E-state index >= 15 is 0 Å². The summed E-state index contributed by atoms with van der Waals surface area (Å²) in [6, 6.07) is 4.07. The Balaban J connectivity index is 2.12. The number of hydrogen-bond donors (Lipinski definition) is 4. The fourth-order valence-electron chi connectivity index (χ4n) is 3.94. The molecule has 13 heteroatoms. The van der Waals surface area contributed by atoms with E-state index in [0.29, 0.717) is 22.8 Å². The van der Waals surface area contributed by atoms with Gasteiger partial charge in [-0.2, -0.15) is 0 Å². The molecule has 36 heavy (non-hydrogen) atoms. The quantitative estimate of drug-likeness (QED) is 0.277. The van der Waals surface area contributed by atoms with Crippen LogP contribution >= 0.6 is 0 Å². The van der Waals surface area contributed by atoms with Crippen molar-refractivity contribution in [2.45, 2.75) is 63.9 Å². The number of nitrogens with one attached hydrogen (secondary N) is 2. The highest BCUT2D eigenvalue weighted by molar-refractivity contribution is 7.89. The summed E-state index contributed by atoms with van der Waals surface area (Å²) in [5.41, 5.74) is 0.679. The van der Waals surface area contributed by atoms with E-state index in [1.807, 2.05) is 13.8 Å².